The van der Waals surface area contributed by atoms with Gasteiger partial charge in [-0.05, 0) is 72.8 Å². The van der Waals surface area contributed by atoms with Crippen molar-refractivity contribution < 1.29 is 13.6 Å². The summed E-state index contributed by atoms with van der Waals surface area (Å²) in [7, 11) is 0. The molecule has 3 aromatic carbocycles. The third-order valence-electron chi connectivity index (χ3n) is 4.95. The Labute approximate surface area is 213 Å². The van der Waals surface area contributed by atoms with Gasteiger partial charge >= 0.3 is 0 Å². The van der Waals surface area contributed by atoms with Crippen LogP contribution >= 0.6 is 39.1 Å². The molecular formula is C26H15BrCl2N2O3. The average Bonchev–Trinajstić information content (AvgIpc) is 3.44. The van der Waals surface area contributed by atoms with E-state index in [-0.39, 0.29) is 5.91 Å². The Hall–Kier alpha value is -3.32. The highest BCUT2D eigenvalue weighted by atomic mass is 79.9. The third kappa shape index (κ3) is 4.94. The number of carbonyl (C=O) groups is 1. The Bertz CT molecular complexity index is 1560. The maximum Gasteiger partial charge on any atom is 0.248 e. The lowest BCUT2D eigenvalue weighted by atomic mass is 10.2. The number of aromatic nitrogens is 1. The standard InChI is InChI=1S/C26H15BrCl2N2O3/c27-16-3-1-2-15(12-16)26-31-22-14-18(5-9-24(22)34-26)30-25(32)11-7-19-6-10-23(33-19)20-8-4-17(28)13-21(20)29/h1-14H,(H,30,32)/b11-7-. The van der Waals surface area contributed by atoms with Crippen molar-refractivity contribution in [2.45, 2.75) is 0 Å². The van der Waals surface area contributed by atoms with Crippen LogP contribution in [0.5, 0.6) is 0 Å². The van der Waals surface area contributed by atoms with Gasteiger partial charge in [-0.2, -0.15) is 0 Å². The van der Waals surface area contributed by atoms with Crippen LogP contribution in [0.25, 0.3) is 40.0 Å². The van der Waals surface area contributed by atoms with Gasteiger partial charge in [-0.3, -0.25) is 4.79 Å². The van der Waals surface area contributed by atoms with Crippen LogP contribution in [0.4, 0.5) is 5.69 Å². The molecule has 0 spiro atoms. The highest BCUT2D eigenvalue weighted by Crippen LogP contribution is 2.32. The number of anilines is 1. The van der Waals surface area contributed by atoms with E-state index in [0.717, 1.165) is 15.6 Å². The normalized spacial score (nSPS) is 11.4. The lowest BCUT2D eigenvalue weighted by Crippen LogP contribution is -2.07. The van der Waals surface area contributed by atoms with E-state index >= 15 is 0 Å². The first kappa shape index (κ1) is 22.5. The van der Waals surface area contributed by atoms with E-state index in [9.17, 15) is 4.79 Å². The third-order valence-corrected chi connectivity index (χ3v) is 5.99. The summed E-state index contributed by atoms with van der Waals surface area (Å²) < 4.78 is 12.6. The predicted octanol–water partition coefficient (Wildman–Crippen LogP) is 8.48. The average molecular weight is 554 g/mol. The molecule has 34 heavy (non-hydrogen) atoms. The van der Waals surface area contributed by atoms with Gasteiger partial charge in [-0.1, -0.05) is 45.2 Å². The first-order valence-corrected chi connectivity index (χ1v) is 11.7. The van der Waals surface area contributed by atoms with Crippen molar-refractivity contribution in [1.29, 1.82) is 0 Å². The van der Waals surface area contributed by atoms with Crippen molar-refractivity contribution >= 4 is 67.9 Å². The molecule has 0 fully saturated rings. The van der Waals surface area contributed by atoms with Gasteiger partial charge in [-0.15, -0.1) is 0 Å². The molecule has 0 bridgehead atoms. The van der Waals surface area contributed by atoms with E-state index < -0.39 is 0 Å². The Morgan fingerprint density at radius 3 is 2.68 bits per heavy atom. The van der Waals surface area contributed by atoms with Gasteiger partial charge in [0.1, 0.15) is 17.0 Å². The van der Waals surface area contributed by atoms with Crippen molar-refractivity contribution in [2.75, 3.05) is 5.32 Å². The van der Waals surface area contributed by atoms with Crippen molar-refractivity contribution in [2.24, 2.45) is 0 Å². The fourth-order valence-corrected chi connectivity index (χ4v) is 4.27. The Morgan fingerprint density at radius 1 is 0.971 bits per heavy atom. The Balaban J connectivity index is 1.29. The monoisotopic (exact) mass is 552 g/mol. The molecule has 0 radical (unpaired) electrons. The van der Waals surface area contributed by atoms with Gasteiger partial charge in [0.2, 0.25) is 11.8 Å². The van der Waals surface area contributed by atoms with Crippen LogP contribution in [0, 0.1) is 0 Å². The largest absolute Gasteiger partial charge is 0.457 e. The minimum Gasteiger partial charge on any atom is -0.457 e. The molecule has 168 valence electrons. The number of nitrogens with one attached hydrogen (secondary N) is 1. The molecule has 0 unspecified atom stereocenters. The number of benzene rings is 3. The molecule has 0 atom stereocenters. The lowest BCUT2D eigenvalue weighted by molar-refractivity contribution is -0.111. The van der Waals surface area contributed by atoms with E-state index in [1.54, 1.807) is 54.6 Å². The summed E-state index contributed by atoms with van der Waals surface area (Å²) in [6.45, 7) is 0. The van der Waals surface area contributed by atoms with Crippen molar-refractivity contribution in [1.82, 2.24) is 4.98 Å². The Kier molecular flexibility index (Phi) is 6.28. The van der Waals surface area contributed by atoms with E-state index in [1.165, 1.54) is 6.08 Å². The van der Waals surface area contributed by atoms with Crippen LogP contribution in [-0.4, -0.2) is 10.9 Å². The van der Waals surface area contributed by atoms with Crippen LogP contribution in [-0.2, 0) is 4.79 Å². The summed E-state index contributed by atoms with van der Waals surface area (Å²) in [4.78, 5) is 17.0. The molecule has 5 nitrogen and oxygen atoms in total. The number of carbonyl (C=O) groups excluding carboxylic acids is 1. The highest BCUT2D eigenvalue weighted by molar-refractivity contribution is 9.10. The van der Waals surface area contributed by atoms with Gasteiger partial charge in [0.05, 0.1) is 5.02 Å². The maximum atomic E-state index is 12.4. The molecule has 8 heteroatoms. The van der Waals surface area contributed by atoms with Crippen molar-refractivity contribution in [3.8, 4) is 22.8 Å². The number of hydrogen-bond acceptors (Lipinski definition) is 4. The van der Waals surface area contributed by atoms with Gasteiger partial charge in [0.25, 0.3) is 0 Å². The quantitative estimate of drug-likeness (QED) is 0.221. The van der Waals surface area contributed by atoms with Gasteiger partial charge in [-0.25, -0.2) is 4.98 Å². The van der Waals surface area contributed by atoms with Crippen molar-refractivity contribution in [3.05, 3.63) is 99.2 Å². The second kappa shape index (κ2) is 9.50. The summed E-state index contributed by atoms with van der Waals surface area (Å²) in [6.07, 6.45) is 2.98. The molecule has 5 rings (SSSR count). The first-order valence-electron chi connectivity index (χ1n) is 10.2. The number of amides is 1. The fraction of sp³-hybridized carbons (Fsp3) is 0. The molecule has 0 saturated heterocycles. The summed E-state index contributed by atoms with van der Waals surface area (Å²) >= 11 is 15.6. The second-order valence-electron chi connectivity index (χ2n) is 7.36. The van der Waals surface area contributed by atoms with Crippen LogP contribution in [0.1, 0.15) is 5.76 Å². The number of nitrogens with zero attached hydrogens (tertiary/aromatic N) is 1. The molecular weight excluding hydrogens is 539 g/mol. The molecule has 1 N–H and O–H groups in total. The summed E-state index contributed by atoms with van der Waals surface area (Å²) in [5.41, 5.74) is 3.46. The van der Waals surface area contributed by atoms with Crippen LogP contribution in [0.15, 0.2) is 92.2 Å². The van der Waals surface area contributed by atoms with E-state index in [0.29, 0.717) is 44.2 Å². The molecule has 0 aliphatic rings. The molecule has 2 heterocycles. The second-order valence-corrected chi connectivity index (χ2v) is 9.12. The predicted molar refractivity (Wildman–Crippen MR) is 139 cm³/mol. The molecule has 2 aromatic heterocycles. The number of fused-ring (bicyclic) bond motifs is 1. The SMILES string of the molecule is O=C(/C=C\c1ccc(-c2ccc(Cl)cc2Cl)o1)Nc1ccc2oc(-c3cccc(Br)c3)nc2c1. The molecule has 5 aromatic rings. The Morgan fingerprint density at radius 2 is 1.85 bits per heavy atom. The van der Waals surface area contributed by atoms with E-state index in [2.05, 4.69) is 26.2 Å². The van der Waals surface area contributed by atoms with Crippen LogP contribution < -0.4 is 5.32 Å². The molecule has 0 saturated carbocycles. The van der Waals surface area contributed by atoms with Gasteiger partial charge in [0.15, 0.2) is 5.58 Å². The van der Waals surface area contributed by atoms with Crippen LogP contribution in [0.3, 0.4) is 0 Å². The minimum atomic E-state index is -0.308. The number of hydrogen-bond donors (Lipinski definition) is 1. The molecule has 1 amide bonds. The number of furan rings is 1. The summed E-state index contributed by atoms with van der Waals surface area (Å²) in [6, 6.07) is 21.7. The zero-order valence-corrected chi connectivity index (χ0v) is 20.5. The van der Waals surface area contributed by atoms with E-state index in [4.69, 9.17) is 32.0 Å². The van der Waals surface area contributed by atoms with Gasteiger partial charge < -0.3 is 14.2 Å². The number of halogens is 3. The zero-order chi connectivity index (χ0) is 23.7. The maximum absolute atomic E-state index is 12.4. The fourth-order valence-electron chi connectivity index (χ4n) is 3.37. The first-order chi connectivity index (χ1) is 16.4. The summed E-state index contributed by atoms with van der Waals surface area (Å²) in [5.74, 6) is 1.30. The lowest BCUT2D eigenvalue weighted by Gasteiger charge is -2.01. The van der Waals surface area contributed by atoms with Crippen LogP contribution in [0.2, 0.25) is 10.0 Å². The molecule has 0 aliphatic heterocycles. The summed E-state index contributed by atoms with van der Waals surface area (Å²) in [5, 5.41) is 3.86. The van der Waals surface area contributed by atoms with Crippen molar-refractivity contribution in [3.63, 3.8) is 0 Å². The van der Waals surface area contributed by atoms with Gasteiger partial charge in [0, 0.05) is 32.4 Å². The highest BCUT2D eigenvalue weighted by Gasteiger charge is 2.11. The topological polar surface area (TPSA) is 68.3 Å². The number of oxazole rings is 1. The zero-order valence-electron chi connectivity index (χ0n) is 17.4. The smallest absolute Gasteiger partial charge is 0.248 e. The molecule has 0 aliphatic carbocycles. The van der Waals surface area contributed by atoms with E-state index in [1.807, 2.05) is 24.3 Å². The number of rotatable bonds is 5. The minimum absolute atomic E-state index is 0.308.